The molecule has 0 aromatic carbocycles. The van der Waals surface area contributed by atoms with E-state index in [2.05, 4.69) is 33.6 Å². The van der Waals surface area contributed by atoms with Crippen LogP contribution >= 0.6 is 11.3 Å². The highest BCUT2D eigenvalue weighted by Gasteiger charge is 2.38. The highest BCUT2D eigenvalue weighted by Crippen LogP contribution is 2.35. The second-order valence-electron chi connectivity index (χ2n) is 5.42. The average molecular weight is 260 g/mol. The molecule has 0 aliphatic carbocycles. The van der Waals surface area contributed by atoms with Gasteiger partial charge < -0.3 is 5.32 Å². The van der Waals surface area contributed by atoms with Gasteiger partial charge in [0.1, 0.15) is 0 Å². The molecule has 1 aromatic rings. The van der Waals surface area contributed by atoms with Gasteiger partial charge in [0.05, 0.1) is 0 Å². The summed E-state index contributed by atoms with van der Waals surface area (Å²) >= 11 is 1.83. The lowest BCUT2D eigenvalue weighted by Gasteiger charge is -2.48. The summed E-state index contributed by atoms with van der Waals surface area (Å²) in [7, 11) is 0. The molecule has 3 heteroatoms. The Labute approximate surface area is 113 Å². The Morgan fingerprint density at radius 1 is 1.56 bits per heavy atom. The van der Waals surface area contributed by atoms with Gasteiger partial charge >= 0.3 is 0 Å². The molecule has 18 heavy (non-hydrogen) atoms. The molecule has 1 N–H and O–H groups in total. The molecule has 0 saturated carbocycles. The van der Waals surface area contributed by atoms with Crippen molar-refractivity contribution >= 4 is 11.3 Å². The highest BCUT2D eigenvalue weighted by atomic mass is 32.1. The van der Waals surface area contributed by atoms with Gasteiger partial charge in [-0.1, -0.05) is 6.07 Å². The second-order valence-corrected chi connectivity index (χ2v) is 6.45. The summed E-state index contributed by atoms with van der Waals surface area (Å²) in [6.07, 6.45) is 8.19. The summed E-state index contributed by atoms with van der Waals surface area (Å²) in [5.74, 6) is 4.25. The van der Waals surface area contributed by atoms with E-state index in [0.717, 1.165) is 25.6 Å². The lowest BCUT2D eigenvalue weighted by Crippen LogP contribution is -2.55. The van der Waals surface area contributed by atoms with Gasteiger partial charge in [-0.15, -0.1) is 23.7 Å². The summed E-state index contributed by atoms with van der Waals surface area (Å²) in [6.45, 7) is 4.47. The van der Waals surface area contributed by atoms with E-state index < -0.39 is 0 Å². The van der Waals surface area contributed by atoms with Gasteiger partial charge in [0.25, 0.3) is 0 Å². The second kappa shape index (κ2) is 5.44. The number of fused-ring (bicyclic) bond motifs is 3. The molecule has 0 amide bonds. The Balaban J connectivity index is 1.49. The minimum absolute atomic E-state index is 0.507. The van der Waals surface area contributed by atoms with Crippen LogP contribution in [0.1, 0.15) is 17.7 Å². The van der Waals surface area contributed by atoms with E-state index in [1.807, 2.05) is 11.3 Å². The lowest BCUT2D eigenvalue weighted by molar-refractivity contribution is 0.0228. The standard InChI is InChI=1S/C15H20N2S/c1-2-12-11-17-6-5-13(12)8-14(17)9-16-10-15-4-3-7-18-15/h1,3-4,7,12-14,16H,5-6,8-11H2/t12-,13+,14-/m1/s1. The molecule has 3 aliphatic heterocycles. The van der Waals surface area contributed by atoms with Crippen molar-refractivity contribution in [3.05, 3.63) is 22.4 Å². The molecular formula is C15H20N2S. The van der Waals surface area contributed by atoms with Crippen LogP contribution in [0.25, 0.3) is 0 Å². The van der Waals surface area contributed by atoms with E-state index in [1.165, 1.54) is 24.3 Å². The Kier molecular flexibility index (Phi) is 3.69. The van der Waals surface area contributed by atoms with Gasteiger partial charge in [-0.3, -0.25) is 4.90 Å². The van der Waals surface area contributed by atoms with E-state index in [4.69, 9.17) is 6.42 Å². The van der Waals surface area contributed by atoms with Crippen LogP contribution in [0.3, 0.4) is 0 Å². The summed E-state index contributed by atoms with van der Waals surface area (Å²) in [4.78, 5) is 4.01. The first-order chi connectivity index (χ1) is 8.86. The minimum atomic E-state index is 0.507. The third-order valence-corrected chi connectivity index (χ3v) is 5.23. The fourth-order valence-corrected chi connectivity index (χ4v) is 3.99. The number of rotatable bonds is 4. The van der Waals surface area contributed by atoms with Crippen LogP contribution in [0, 0.1) is 24.2 Å². The van der Waals surface area contributed by atoms with Gasteiger partial charge in [0.15, 0.2) is 0 Å². The van der Waals surface area contributed by atoms with Gasteiger partial charge in [0.2, 0.25) is 0 Å². The van der Waals surface area contributed by atoms with E-state index in [0.29, 0.717) is 12.0 Å². The Morgan fingerprint density at radius 2 is 2.50 bits per heavy atom. The van der Waals surface area contributed by atoms with Crippen molar-refractivity contribution in [2.24, 2.45) is 11.8 Å². The maximum atomic E-state index is 5.61. The maximum Gasteiger partial charge on any atom is 0.0356 e. The molecule has 4 atom stereocenters. The number of nitrogens with one attached hydrogen (secondary N) is 1. The molecule has 1 unspecified atom stereocenters. The highest BCUT2D eigenvalue weighted by molar-refractivity contribution is 7.09. The fraction of sp³-hybridized carbons (Fsp3) is 0.600. The first-order valence-corrected chi connectivity index (χ1v) is 7.68. The normalized spacial score (nSPS) is 34.4. The third-order valence-electron chi connectivity index (χ3n) is 4.35. The van der Waals surface area contributed by atoms with Gasteiger partial charge in [-0.25, -0.2) is 0 Å². The number of piperidine rings is 3. The SMILES string of the molecule is C#C[C@@H]1CN2CC[C@H]1C[C@@H]2CNCc1cccs1. The zero-order valence-corrected chi connectivity index (χ0v) is 11.5. The Morgan fingerprint density at radius 3 is 3.17 bits per heavy atom. The summed E-state index contributed by atoms with van der Waals surface area (Å²) < 4.78 is 0. The molecule has 1 aromatic heterocycles. The van der Waals surface area contributed by atoms with E-state index in [-0.39, 0.29) is 0 Å². The molecule has 3 saturated heterocycles. The number of hydrogen-bond donors (Lipinski definition) is 1. The van der Waals surface area contributed by atoms with E-state index in [1.54, 1.807) is 0 Å². The van der Waals surface area contributed by atoms with Crippen molar-refractivity contribution in [1.82, 2.24) is 10.2 Å². The first-order valence-electron chi connectivity index (χ1n) is 6.80. The maximum absolute atomic E-state index is 5.61. The Bertz CT molecular complexity index is 420. The Hall–Kier alpha value is -0.820. The van der Waals surface area contributed by atoms with Crippen LogP contribution in [0.15, 0.2) is 17.5 Å². The molecule has 2 nitrogen and oxygen atoms in total. The van der Waals surface area contributed by atoms with Crippen LogP contribution in [-0.4, -0.2) is 30.6 Å². The van der Waals surface area contributed by atoms with Crippen LogP contribution in [0.4, 0.5) is 0 Å². The monoisotopic (exact) mass is 260 g/mol. The van der Waals surface area contributed by atoms with Crippen LogP contribution in [-0.2, 0) is 6.54 Å². The summed E-state index contributed by atoms with van der Waals surface area (Å²) in [5.41, 5.74) is 0. The topological polar surface area (TPSA) is 15.3 Å². The summed E-state index contributed by atoms with van der Waals surface area (Å²) in [5, 5.41) is 5.73. The third kappa shape index (κ3) is 2.47. The van der Waals surface area contributed by atoms with Crippen LogP contribution in [0.2, 0.25) is 0 Å². The van der Waals surface area contributed by atoms with Crippen LogP contribution < -0.4 is 5.32 Å². The molecule has 2 bridgehead atoms. The minimum Gasteiger partial charge on any atom is -0.310 e. The lowest BCUT2D eigenvalue weighted by atomic mass is 9.76. The summed E-state index contributed by atoms with van der Waals surface area (Å²) in [6, 6.07) is 5.01. The first kappa shape index (κ1) is 12.2. The van der Waals surface area contributed by atoms with Crippen molar-refractivity contribution < 1.29 is 0 Å². The fourth-order valence-electron chi connectivity index (χ4n) is 3.31. The van der Waals surface area contributed by atoms with Gasteiger partial charge in [-0.2, -0.15) is 0 Å². The average Bonchev–Trinajstić information content (AvgIpc) is 2.92. The smallest absolute Gasteiger partial charge is 0.0356 e. The van der Waals surface area contributed by atoms with Crippen molar-refractivity contribution in [1.29, 1.82) is 0 Å². The molecular weight excluding hydrogens is 240 g/mol. The zero-order chi connectivity index (χ0) is 12.4. The van der Waals surface area contributed by atoms with Crippen molar-refractivity contribution in [2.75, 3.05) is 19.6 Å². The molecule has 4 rings (SSSR count). The van der Waals surface area contributed by atoms with Gasteiger partial charge in [0, 0.05) is 36.5 Å². The molecule has 0 radical (unpaired) electrons. The number of nitrogens with zero attached hydrogens (tertiary/aromatic N) is 1. The van der Waals surface area contributed by atoms with E-state index in [9.17, 15) is 0 Å². The molecule has 0 spiro atoms. The predicted octanol–water partition coefficient (Wildman–Crippen LogP) is 2.18. The molecule has 3 fully saturated rings. The predicted molar refractivity (Wildman–Crippen MR) is 76.4 cm³/mol. The molecule has 4 heterocycles. The quantitative estimate of drug-likeness (QED) is 0.835. The zero-order valence-electron chi connectivity index (χ0n) is 10.6. The van der Waals surface area contributed by atoms with E-state index >= 15 is 0 Å². The number of thiophene rings is 1. The number of hydrogen-bond acceptors (Lipinski definition) is 3. The van der Waals surface area contributed by atoms with Crippen LogP contribution in [0.5, 0.6) is 0 Å². The number of terminal acetylenes is 1. The molecule has 96 valence electrons. The van der Waals surface area contributed by atoms with Crippen molar-refractivity contribution in [3.8, 4) is 12.3 Å². The van der Waals surface area contributed by atoms with Crippen molar-refractivity contribution in [3.63, 3.8) is 0 Å². The van der Waals surface area contributed by atoms with Gasteiger partial charge in [-0.05, 0) is 36.8 Å². The largest absolute Gasteiger partial charge is 0.310 e. The van der Waals surface area contributed by atoms with Crippen molar-refractivity contribution in [2.45, 2.75) is 25.4 Å². The molecule has 3 aliphatic rings.